The molecule has 8 nitrogen and oxygen atoms in total. The van der Waals surface area contributed by atoms with Crippen molar-refractivity contribution in [3.05, 3.63) is 272 Å². The van der Waals surface area contributed by atoms with Crippen molar-refractivity contribution in [2.45, 2.75) is 0 Å². The molecule has 0 unspecified atom stereocenters. The van der Waals surface area contributed by atoms with Crippen LogP contribution in [0.25, 0.3) is 164 Å². The first-order chi connectivity index (χ1) is 42.4. The lowest BCUT2D eigenvalue weighted by Crippen LogP contribution is -2.29. The Bertz CT molecular complexity index is 5690. The van der Waals surface area contributed by atoms with E-state index < -0.39 is 7.12 Å². The van der Waals surface area contributed by atoms with Crippen molar-refractivity contribution in [1.29, 1.82) is 0 Å². The van der Waals surface area contributed by atoms with E-state index in [0.717, 1.165) is 132 Å². The summed E-state index contributed by atoms with van der Waals surface area (Å²) < 4.78 is 12.7. The Kier molecular flexibility index (Phi) is 12.3. The standard InChI is InChI=1S/C38H22N2O.C22H15BO3.C16H9ClN2/c1-2-13-26-24(10-1)21-32(38-35(26)31-18-7-8-19-34(31)41-38)23-11-9-12-25(20-23)33-22-39-36-29-16-5-3-14-27(29)28-15-4-6-17-30(28)37(36)40-33;24-23(25)16-8-5-7-14(12-16)19-13-15-6-1-2-9-17(15)21-18-10-3-4-11-20(18)26-22(19)21;17-14-9-18-15-12-7-3-1-5-10(12)11-6-2-4-8-13(11)16(15)19-14/h1-22H;1-13,24-25H;1-9H. The van der Waals surface area contributed by atoms with Crippen LogP contribution in [-0.2, 0) is 0 Å². The molecule has 0 amide bonds. The highest BCUT2D eigenvalue weighted by Gasteiger charge is 2.21. The number of benzene rings is 14. The molecule has 0 radical (unpaired) electrons. The number of hydrogen-bond acceptors (Lipinski definition) is 8. The predicted octanol–water partition coefficient (Wildman–Crippen LogP) is 19.0. The van der Waals surface area contributed by atoms with Crippen LogP contribution < -0.4 is 5.46 Å². The summed E-state index contributed by atoms with van der Waals surface area (Å²) in [7, 11) is -1.50. The monoisotopic (exact) mass is 1120 g/mol. The molecule has 2 N–H and O–H groups in total. The van der Waals surface area contributed by atoms with E-state index >= 15 is 0 Å². The first-order valence-electron chi connectivity index (χ1n) is 28.4. The number of hydrogen-bond donors (Lipinski definition) is 2. The van der Waals surface area contributed by atoms with E-state index in [0.29, 0.717) is 10.6 Å². The minimum Gasteiger partial charge on any atom is -0.455 e. The second-order valence-electron chi connectivity index (χ2n) is 21.5. The molecule has 18 aromatic rings. The fraction of sp³-hybridized carbons (Fsp3) is 0. The lowest BCUT2D eigenvalue weighted by atomic mass is 9.79. The molecule has 0 atom stereocenters. The first-order valence-corrected chi connectivity index (χ1v) is 28.8. The normalized spacial score (nSPS) is 11.7. The van der Waals surface area contributed by atoms with Crippen molar-refractivity contribution in [2.24, 2.45) is 0 Å². The summed E-state index contributed by atoms with van der Waals surface area (Å²) >= 11 is 6.00. The Morgan fingerprint density at radius 3 is 1.21 bits per heavy atom. The highest BCUT2D eigenvalue weighted by atomic mass is 35.5. The Hall–Kier alpha value is -10.8. The molecular weight excluding hydrogens is 1080 g/mol. The third-order valence-corrected chi connectivity index (χ3v) is 16.7. The molecule has 10 heteroatoms. The molecule has 0 saturated heterocycles. The van der Waals surface area contributed by atoms with Gasteiger partial charge in [0.05, 0.1) is 40.2 Å². The van der Waals surface area contributed by atoms with Crippen LogP contribution in [0.3, 0.4) is 0 Å². The first kappa shape index (κ1) is 50.9. The van der Waals surface area contributed by atoms with Gasteiger partial charge in [-0.25, -0.2) is 9.97 Å². The number of nitrogens with zero attached hydrogens (tertiary/aromatic N) is 4. The molecule has 0 bridgehead atoms. The van der Waals surface area contributed by atoms with Crippen molar-refractivity contribution >= 4 is 155 Å². The van der Waals surface area contributed by atoms with Gasteiger partial charge < -0.3 is 18.9 Å². The second-order valence-corrected chi connectivity index (χ2v) is 21.9. The lowest BCUT2D eigenvalue weighted by Gasteiger charge is -2.11. The minimum atomic E-state index is -1.50. The summed E-state index contributed by atoms with van der Waals surface area (Å²) in [5.41, 5.74) is 13.4. The van der Waals surface area contributed by atoms with Crippen molar-refractivity contribution in [3.63, 3.8) is 0 Å². The van der Waals surface area contributed by atoms with Crippen molar-refractivity contribution in [3.8, 4) is 33.5 Å². The van der Waals surface area contributed by atoms with Crippen LogP contribution in [0.4, 0.5) is 0 Å². The van der Waals surface area contributed by atoms with E-state index in [1.54, 1.807) is 18.3 Å². The van der Waals surface area contributed by atoms with Crippen LogP contribution in [-0.4, -0.2) is 37.1 Å². The highest BCUT2D eigenvalue weighted by molar-refractivity contribution is 6.58. The van der Waals surface area contributed by atoms with E-state index in [-0.39, 0.29) is 0 Å². The molecular formula is C76H46BClN4O4. The number of rotatable bonds is 4. The maximum atomic E-state index is 9.53. The van der Waals surface area contributed by atoms with Crippen molar-refractivity contribution < 1.29 is 18.9 Å². The zero-order chi connectivity index (χ0) is 57.4. The minimum absolute atomic E-state index is 0.424. The van der Waals surface area contributed by atoms with Gasteiger partial charge in [0.25, 0.3) is 0 Å². The summed E-state index contributed by atoms with van der Waals surface area (Å²) in [5.74, 6) is 0. The summed E-state index contributed by atoms with van der Waals surface area (Å²) in [4.78, 5) is 19.1. The second kappa shape index (κ2) is 20.8. The van der Waals surface area contributed by atoms with Gasteiger partial charge in [-0.05, 0) is 90.0 Å². The summed E-state index contributed by atoms with van der Waals surface area (Å²) in [6.45, 7) is 0. The topological polar surface area (TPSA) is 118 Å². The van der Waals surface area contributed by atoms with Gasteiger partial charge in [0.15, 0.2) is 0 Å². The Labute approximate surface area is 496 Å². The molecule has 4 aromatic heterocycles. The van der Waals surface area contributed by atoms with Gasteiger partial charge >= 0.3 is 7.12 Å². The van der Waals surface area contributed by atoms with E-state index in [4.69, 9.17) is 30.4 Å². The van der Waals surface area contributed by atoms with Crippen LogP contribution >= 0.6 is 11.6 Å². The lowest BCUT2D eigenvalue weighted by molar-refractivity contribution is 0.426. The molecule has 18 rings (SSSR count). The number of para-hydroxylation sites is 2. The number of fused-ring (bicyclic) bond motifs is 22. The fourth-order valence-electron chi connectivity index (χ4n) is 12.7. The summed E-state index contributed by atoms with van der Waals surface area (Å²) in [6, 6.07) is 86.7. The molecule has 404 valence electrons. The van der Waals surface area contributed by atoms with Crippen LogP contribution in [0.15, 0.2) is 276 Å². The predicted molar refractivity (Wildman–Crippen MR) is 356 cm³/mol. The molecule has 0 fully saturated rings. The van der Waals surface area contributed by atoms with Crippen molar-refractivity contribution in [2.75, 3.05) is 0 Å². The number of furan rings is 2. The fourth-order valence-corrected chi connectivity index (χ4v) is 12.8. The smallest absolute Gasteiger partial charge is 0.455 e. The number of aromatic nitrogens is 4. The molecule has 86 heavy (non-hydrogen) atoms. The van der Waals surface area contributed by atoms with Gasteiger partial charge in [-0.15, -0.1) is 0 Å². The molecule has 0 saturated carbocycles. The van der Waals surface area contributed by atoms with E-state index in [9.17, 15) is 10.0 Å². The summed E-state index contributed by atoms with van der Waals surface area (Å²) in [5, 5.41) is 37.8. The maximum Gasteiger partial charge on any atom is 0.488 e. The largest absolute Gasteiger partial charge is 0.488 e. The van der Waals surface area contributed by atoms with Crippen LogP contribution in [0.1, 0.15) is 0 Å². The van der Waals surface area contributed by atoms with E-state index in [1.165, 1.54) is 32.3 Å². The molecule has 0 aliphatic carbocycles. The molecule has 0 aliphatic rings. The van der Waals surface area contributed by atoms with Gasteiger partial charge in [0, 0.05) is 59.8 Å². The van der Waals surface area contributed by atoms with E-state index in [2.05, 4.69) is 174 Å². The average Bonchev–Trinajstić information content (AvgIpc) is 2.09. The maximum absolute atomic E-state index is 9.53. The van der Waals surface area contributed by atoms with Gasteiger partial charge in [-0.1, -0.05) is 236 Å². The van der Waals surface area contributed by atoms with Crippen LogP contribution in [0.5, 0.6) is 0 Å². The Morgan fingerprint density at radius 1 is 0.326 bits per heavy atom. The SMILES string of the molecule is Clc1cnc2c3ccccc3c3ccccc3c2n1.OB(O)c1cccc(-c2cc3ccccc3c3c2oc2ccccc23)c1.c1cc(-c2cnc3c4ccccc4c4ccccc4c3n2)cc(-c2cc3ccccc3c3c2oc2ccccc23)c1. The van der Waals surface area contributed by atoms with Gasteiger partial charge in [-0.3, -0.25) is 9.97 Å². The van der Waals surface area contributed by atoms with Gasteiger partial charge in [0.1, 0.15) is 27.5 Å². The molecule has 14 aromatic carbocycles. The third-order valence-electron chi connectivity index (χ3n) is 16.5. The highest BCUT2D eigenvalue weighted by Crippen LogP contribution is 2.44. The average molecular weight is 1130 g/mol. The zero-order valence-electron chi connectivity index (χ0n) is 45.9. The summed E-state index contributed by atoms with van der Waals surface area (Å²) in [6.07, 6.45) is 3.50. The third kappa shape index (κ3) is 8.55. The molecule has 0 spiro atoms. The van der Waals surface area contributed by atoms with E-state index in [1.807, 2.05) is 85.1 Å². The molecule has 0 aliphatic heterocycles. The Balaban J connectivity index is 0.000000114. The number of halogens is 1. The van der Waals surface area contributed by atoms with Crippen LogP contribution in [0.2, 0.25) is 5.15 Å². The Morgan fingerprint density at radius 2 is 0.709 bits per heavy atom. The quantitative estimate of drug-likeness (QED) is 0.132. The van der Waals surface area contributed by atoms with Gasteiger partial charge in [-0.2, -0.15) is 0 Å². The molecule has 4 heterocycles. The van der Waals surface area contributed by atoms with Crippen molar-refractivity contribution in [1.82, 2.24) is 19.9 Å². The van der Waals surface area contributed by atoms with Gasteiger partial charge in [0.2, 0.25) is 0 Å². The zero-order valence-corrected chi connectivity index (χ0v) is 46.6. The van der Waals surface area contributed by atoms with Crippen LogP contribution in [0, 0.1) is 0 Å².